The summed E-state index contributed by atoms with van der Waals surface area (Å²) in [6, 6.07) is 8.97. The summed E-state index contributed by atoms with van der Waals surface area (Å²) in [6.45, 7) is 2.04. The third-order valence-electron chi connectivity index (χ3n) is 4.51. The van der Waals surface area contributed by atoms with Gasteiger partial charge in [-0.1, -0.05) is 12.1 Å². The number of rotatable bonds is 4. The second-order valence-corrected chi connectivity index (χ2v) is 6.28. The largest absolute Gasteiger partial charge is 0.394 e. The SMILES string of the molecule is Cc1cc(-c2nn(CCO)c(N)c2-c2nc3ccccc3c(=O)[nH]2)nn1C. The Morgan fingerprint density at radius 3 is 2.74 bits per heavy atom. The number of aliphatic hydroxyl groups is 1. The molecule has 1 aromatic carbocycles. The van der Waals surface area contributed by atoms with Gasteiger partial charge in [-0.05, 0) is 25.1 Å². The molecule has 0 unspecified atom stereocenters. The molecule has 4 N–H and O–H groups in total. The quantitative estimate of drug-likeness (QED) is 0.496. The van der Waals surface area contributed by atoms with E-state index < -0.39 is 0 Å². The Labute approximate surface area is 154 Å². The van der Waals surface area contributed by atoms with Crippen molar-refractivity contribution in [2.45, 2.75) is 13.5 Å². The van der Waals surface area contributed by atoms with E-state index in [1.54, 1.807) is 22.9 Å². The van der Waals surface area contributed by atoms with Gasteiger partial charge in [-0.3, -0.25) is 9.48 Å². The average Bonchev–Trinajstić information content (AvgIpc) is 3.15. The van der Waals surface area contributed by atoms with E-state index >= 15 is 0 Å². The number of aromatic amines is 1. The second-order valence-electron chi connectivity index (χ2n) is 6.28. The summed E-state index contributed by atoms with van der Waals surface area (Å²) in [5, 5.41) is 18.8. The second kappa shape index (κ2) is 6.36. The summed E-state index contributed by atoms with van der Waals surface area (Å²) in [7, 11) is 1.84. The van der Waals surface area contributed by atoms with Gasteiger partial charge in [0.1, 0.15) is 23.0 Å². The maximum absolute atomic E-state index is 12.5. The van der Waals surface area contributed by atoms with Crippen LogP contribution in [0.5, 0.6) is 0 Å². The first kappa shape index (κ1) is 17.0. The van der Waals surface area contributed by atoms with Gasteiger partial charge in [0.2, 0.25) is 0 Å². The highest BCUT2D eigenvalue weighted by atomic mass is 16.3. The monoisotopic (exact) mass is 365 g/mol. The van der Waals surface area contributed by atoms with Crippen molar-refractivity contribution in [3.63, 3.8) is 0 Å². The number of aromatic nitrogens is 6. The number of H-pyrrole nitrogens is 1. The standard InChI is InChI=1S/C18H19N7O2/c1-10-9-13(22-24(10)2)15-14(16(19)25(23-15)7-8-26)17-20-12-6-4-3-5-11(12)18(27)21-17/h3-6,9,26H,7-8,19H2,1-2H3,(H,20,21,27). The van der Waals surface area contributed by atoms with Crippen LogP contribution in [0, 0.1) is 6.92 Å². The molecule has 0 atom stereocenters. The first-order valence-corrected chi connectivity index (χ1v) is 8.47. The predicted octanol–water partition coefficient (Wildman–Crippen LogP) is 1.07. The van der Waals surface area contributed by atoms with Gasteiger partial charge in [0.25, 0.3) is 5.56 Å². The van der Waals surface area contributed by atoms with Crippen molar-refractivity contribution in [1.29, 1.82) is 0 Å². The van der Waals surface area contributed by atoms with Crippen molar-refractivity contribution < 1.29 is 5.11 Å². The smallest absolute Gasteiger partial charge is 0.259 e. The fraction of sp³-hybridized carbons (Fsp3) is 0.222. The Hall–Kier alpha value is -3.46. The van der Waals surface area contributed by atoms with E-state index in [1.807, 2.05) is 26.1 Å². The van der Waals surface area contributed by atoms with Crippen LogP contribution in [0.1, 0.15) is 5.69 Å². The summed E-state index contributed by atoms with van der Waals surface area (Å²) in [6.07, 6.45) is 0. The third kappa shape index (κ3) is 2.77. The molecular formula is C18H19N7O2. The molecule has 4 rings (SSSR count). The third-order valence-corrected chi connectivity index (χ3v) is 4.51. The van der Waals surface area contributed by atoms with Crippen molar-refractivity contribution in [3.8, 4) is 22.8 Å². The molecule has 0 aliphatic carbocycles. The number of aryl methyl sites for hydroxylation is 2. The minimum atomic E-state index is -0.256. The van der Waals surface area contributed by atoms with Crippen LogP contribution in [0.4, 0.5) is 5.82 Å². The number of nitrogen functional groups attached to an aromatic ring is 1. The highest BCUT2D eigenvalue weighted by Crippen LogP contribution is 2.34. The molecule has 0 radical (unpaired) electrons. The average molecular weight is 365 g/mol. The van der Waals surface area contributed by atoms with Gasteiger partial charge in [0.15, 0.2) is 0 Å². The van der Waals surface area contributed by atoms with Crippen LogP contribution in [-0.2, 0) is 13.6 Å². The van der Waals surface area contributed by atoms with Crippen molar-refractivity contribution in [2.75, 3.05) is 12.3 Å². The van der Waals surface area contributed by atoms with Crippen LogP contribution < -0.4 is 11.3 Å². The molecule has 0 fully saturated rings. The van der Waals surface area contributed by atoms with Gasteiger partial charge in [-0.2, -0.15) is 10.2 Å². The number of para-hydroxylation sites is 1. The highest BCUT2D eigenvalue weighted by molar-refractivity contribution is 5.87. The number of aliphatic hydroxyl groups excluding tert-OH is 1. The number of hydrogen-bond donors (Lipinski definition) is 3. The van der Waals surface area contributed by atoms with E-state index in [0.717, 1.165) is 5.69 Å². The van der Waals surface area contributed by atoms with Gasteiger partial charge in [0.05, 0.1) is 29.6 Å². The van der Waals surface area contributed by atoms with E-state index in [-0.39, 0.29) is 18.7 Å². The first-order chi connectivity index (χ1) is 13.0. The van der Waals surface area contributed by atoms with E-state index in [2.05, 4.69) is 20.2 Å². The Morgan fingerprint density at radius 1 is 1.26 bits per heavy atom. The fourth-order valence-electron chi connectivity index (χ4n) is 3.03. The Morgan fingerprint density at radius 2 is 2.04 bits per heavy atom. The van der Waals surface area contributed by atoms with Gasteiger partial charge in [-0.25, -0.2) is 9.67 Å². The molecule has 27 heavy (non-hydrogen) atoms. The van der Waals surface area contributed by atoms with Crippen LogP contribution >= 0.6 is 0 Å². The van der Waals surface area contributed by atoms with E-state index in [4.69, 9.17) is 5.73 Å². The zero-order valence-electron chi connectivity index (χ0n) is 15.0. The molecule has 9 heteroatoms. The molecule has 3 aromatic heterocycles. The van der Waals surface area contributed by atoms with Crippen LogP contribution in [0.15, 0.2) is 35.1 Å². The summed E-state index contributed by atoms with van der Waals surface area (Å²) in [5.74, 6) is 0.625. The number of nitrogens with one attached hydrogen (secondary N) is 1. The predicted molar refractivity (Wildman–Crippen MR) is 102 cm³/mol. The molecule has 0 aliphatic heterocycles. The maximum atomic E-state index is 12.5. The van der Waals surface area contributed by atoms with Crippen LogP contribution in [0.25, 0.3) is 33.7 Å². The zero-order chi connectivity index (χ0) is 19.1. The topological polar surface area (TPSA) is 128 Å². The molecule has 3 heterocycles. The number of nitrogens with two attached hydrogens (primary N) is 1. The molecule has 0 aliphatic rings. The molecule has 0 amide bonds. The number of benzene rings is 1. The number of nitrogens with zero attached hydrogens (tertiary/aromatic N) is 5. The van der Waals surface area contributed by atoms with Gasteiger partial charge >= 0.3 is 0 Å². The van der Waals surface area contributed by atoms with E-state index in [9.17, 15) is 9.90 Å². The molecule has 0 bridgehead atoms. The summed E-state index contributed by atoms with van der Waals surface area (Å²) in [5.41, 5.74) is 9.16. The molecule has 9 nitrogen and oxygen atoms in total. The fourth-order valence-corrected chi connectivity index (χ4v) is 3.03. The van der Waals surface area contributed by atoms with Crippen molar-refractivity contribution >= 4 is 16.7 Å². The van der Waals surface area contributed by atoms with Crippen molar-refractivity contribution in [3.05, 3.63) is 46.4 Å². The highest BCUT2D eigenvalue weighted by Gasteiger charge is 2.23. The van der Waals surface area contributed by atoms with Crippen molar-refractivity contribution in [1.82, 2.24) is 29.5 Å². The van der Waals surface area contributed by atoms with Crippen LogP contribution in [-0.4, -0.2) is 41.2 Å². The molecule has 0 spiro atoms. The first-order valence-electron chi connectivity index (χ1n) is 8.47. The molecule has 4 aromatic rings. The Bertz CT molecular complexity index is 1180. The maximum Gasteiger partial charge on any atom is 0.259 e. The van der Waals surface area contributed by atoms with Gasteiger partial charge in [0, 0.05) is 12.7 Å². The lowest BCUT2D eigenvalue weighted by Gasteiger charge is -2.05. The summed E-state index contributed by atoms with van der Waals surface area (Å²) < 4.78 is 3.22. The molecular weight excluding hydrogens is 346 g/mol. The van der Waals surface area contributed by atoms with E-state index in [0.29, 0.717) is 39.5 Å². The van der Waals surface area contributed by atoms with E-state index in [1.165, 1.54) is 4.68 Å². The Balaban J connectivity index is 2.00. The van der Waals surface area contributed by atoms with Crippen LogP contribution in [0.2, 0.25) is 0 Å². The summed E-state index contributed by atoms with van der Waals surface area (Å²) in [4.78, 5) is 19.9. The molecule has 0 saturated heterocycles. The normalized spacial score (nSPS) is 11.4. The molecule has 0 saturated carbocycles. The minimum absolute atomic E-state index is 0.117. The Kier molecular flexibility index (Phi) is 4.00. The number of hydrogen-bond acceptors (Lipinski definition) is 6. The molecule has 138 valence electrons. The number of fused-ring (bicyclic) bond motifs is 1. The number of anilines is 1. The van der Waals surface area contributed by atoms with Gasteiger partial charge in [-0.15, -0.1) is 0 Å². The minimum Gasteiger partial charge on any atom is -0.394 e. The lowest BCUT2D eigenvalue weighted by atomic mass is 10.1. The van der Waals surface area contributed by atoms with Crippen LogP contribution in [0.3, 0.4) is 0 Å². The lowest BCUT2D eigenvalue weighted by Crippen LogP contribution is -2.11. The lowest BCUT2D eigenvalue weighted by molar-refractivity contribution is 0.270. The summed E-state index contributed by atoms with van der Waals surface area (Å²) >= 11 is 0. The zero-order valence-corrected chi connectivity index (χ0v) is 15.0. The van der Waals surface area contributed by atoms with Gasteiger partial charge < -0.3 is 15.8 Å². The van der Waals surface area contributed by atoms with Crippen molar-refractivity contribution in [2.24, 2.45) is 7.05 Å².